The van der Waals surface area contributed by atoms with Gasteiger partial charge in [-0.2, -0.15) is 0 Å². The van der Waals surface area contributed by atoms with Gasteiger partial charge in [-0.1, -0.05) is 65.9 Å². The highest BCUT2D eigenvalue weighted by Gasteiger charge is 2.34. The fraction of sp³-hybridized carbons (Fsp3) is 0.207. The lowest BCUT2D eigenvalue weighted by Crippen LogP contribution is -2.25. The lowest BCUT2D eigenvalue weighted by atomic mass is 9.94. The number of nitrogens with zero attached hydrogens (tertiary/aromatic N) is 1. The molecule has 0 aliphatic heterocycles. The predicted molar refractivity (Wildman–Crippen MR) is 157 cm³/mol. The maximum absolute atomic E-state index is 13.0. The quantitative estimate of drug-likeness (QED) is 0.173. The largest absolute Gasteiger partial charge is 0.496 e. The van der Waals surface area contributed by atoms with Gasteiger partial charge in [-0.25, -0.2) is 4.98 Å². The summed E-state index contributed by atoms with van der Waals surface area (Å²) in [5.74, 6) is 0.646. The molecule has 37 heavy (non-hydrogen) atoms. The summed E-state index contributed by atoms with van der Waals surface area (Å²) in [5, 5.41) is 8.43. The number of hydrogen-bond donors (Lipinski definition) is 2. The number of anilines is 2. The number of methoxy groups -OCH3 is 1. The number of carbonyl (C=O) groups is 2. The number of amides is 2. The lowest BCUT2D eigenvalue weighted by molar-refractivity contribution is -0.120. The average molecular weight is 624 g/mol. The van der Waals surface area contributed by atoms with E-state index >= 15 is 0 Å². The summed E-state index contributed by atoms with van der Waals surface area (Å²) in [6.45, 7) is 2.11. The summed E-state index contributed by atoms with van der Waals surface area (Å²) < 4.78 is 6.14. The summed E-state index contributed by atoms with van der Waals surface area (Å²) in [6, 6.07) is 21.2. The van der Waals surface area contributed by atoms with Crippen molar-refractivity contribution in [3.8, 4) is 17.0 Å². The zero-order chi connectivity index (χ0) is 25.9. The van der Waals surface area contributed by atoms with E-state index in [1.54, 1.807) is 13.2 Å². The molecule has 6 nitrogen and oxygen atoms in total. The Labute approximate surface area is 233 Å². The first kappa shape index (κ1) is 25.4. The van der Waals surface area contributed by atoms with Crippen molar-refractivity contribution in [1.29, 1.82) is 0 Å². The Hall–Kier alpha value is -3.24. The molecule has 0 bridgehead atoms. The number of ether oxygens (including phenoxy) is 1. The number of benzene rings is 3. The highest BCUT2D eigenvalue weighted by Crippen LogP contribution is 2.38. The van der Waals surface area contributed by atoms with Crippen LogP contribution in [0.25, 0.3) is 11.3 Å². The number of aromatic nitrogens is 1. The Morgan fingerprint density at radius 3 is 2.70 bits per heavy atom. The first-order valence-corrected chi connectivity index (χ1v) is 14.4. The number of fused-ring (bicyclic) bond motifs is 1. The molecule has 0 radical (unpaired) electrons. The van der Waals surface area contributed by atoms with Gasteiger partial charge in [0.2, 0.25) is 5.91 Å². The third kappa shape index (κ3) is 5.40. The van der Waals surface area contributed by atoms with E-state index in [-0.39, 0.29) is 23.7 Å². The number of thiazole rings is 1. The van der Waals surface area contributed by atoms with Crippen molar-refractivity contribution in [2.45, 2.75) is 23.7 Å². The van der Waals surface area contributed by atoms with E-state index in [2.05, 4.69) is 57.3 Å². The van der Waals surface area contributed by atoms with E-state index in [9.17, 15) is 9.59 Å². The van der Waals surface area contributed by atoms with Crippen molar-refractivity contribution in [2.75, 3.05) is 17.7 Å². The Bertz CT molecular complexity index is 1470. The molecule has 1 aliphatic carbocycles. The minimum atomic E-state index is -0.204. The molecule has 2 N–H and O–H groups in total. The molecular weight excluding hydrogens is 597 g/mol. The first-order valence-electron chi connectivity index (χ1n) is 12.0. The molecule has 1 aromatic heterocycles. The van der Waals surface area contributed by atoms with Gasteiger partial charge in [0.05, 0.1) is 12.8 Å². The molecule has 0 fully saturated rings. The highest BCUT2D eigenvalue weighted by molar-refractivity contribution is 14.1. The van der Waals surface area contributed by atoms with Gasteiger partial charge < -0.3 is 15.4 Å². The van der Waals surface area contributed by atoms with Crippen LogP contribution in [0.4, 0.5) is 10.8 Å². The summed E-state index contributed by atoms with van der Waals surface area (Å²) >= 11 is 3.66. The number of hydrogen-bond acceptors (Lipinski definition) is 5. The van der Waals surface area contributed by atoms with Crippen LogP contribution in [-0.4, -0.2) is 23.9 Å². The molecule has 8 heteroatoms. The van der Waals surface area contributed by atoms with Crippen molar-refractivity contribution in [1.82, 2.24) is 4.98 Å². The molecule has 1 heterocycles. The van der Waals surface area contributed by atoms with Crippen LogP contribution >= 0.6 is 33.9 Å². The Morgan fingerprint density at radius 2 is 1.92 bits per heavy atom. The summed E-state index contributed by atoms with van der Waals surface area (Å²) in [5.41, 5.74) is 6.28. The van der Waals surface area contributed by atoms with E-state index in [1.165, 1.54) is 22.5 Å². The van der Waals surface area contributed by atoms with Crippen molar-refractivity contribution in [3.05, 3.63) is 94.4 Å². The standard InChI is InChI=1S/C29H26IN3O3S/c1-17-23-9-4-3-6-18(23)14-24(17)28(35)33-29-32-25(16-37-29)19-7-5-8-20(12-19)27(34)31-22-10-11-26(36-2)21(13-22)15-30/h3-13,16-17,24H,14-15H2,1-2H3,(H,31,34)(H,32,33,35)/t17-,24-/m1/s1. The monoisotopic (exact) mass is 623 g/mol. The molecule has 2 atom stereocenters. The normalized spacial score (nSPS) is 16.2. The van der Waals surface area contributed by atoms with Crippen LogP contribution in [-0.2, 0) is 15.6 Å². The van der Waals surface area contributed by atoms with Crippen LogP contribution in [0.15, 0.2) is 72.1 Å². The van der Waals surface area contributed by atoms with Crippen LogP contribution < -0.4 is 15.4 Å². The van der Waals surface area contributed by atoms with Gasteiger partial charge in [0.1, 0.15) is 5.75 Å². The second-order valence-corrected chi connectivity index (χ2v) is 10.6. The number of alkyl halides is 1. The lowest BCUT2D eigenvalue weighted by Gasteiger charge is -2.14. The Balaban J connectivity index is 1.27. The molecule has 2 amide bonds. The van der Waals surface area contributed by atoms with Crippen molar-refractivity contribution < 1.29 is 14.3 Å². The van der Waals surface area contributed by atoms with E-state index in [4.69, 9.17) is 4.74 Å². The zero-order valence-corrected chi connectivity index (χ0v) is 23.4. The maximum Gasteiger partial charge on any atom is 0.255 e. The van der Waals surface area contributed by atoms with Crippen LogP contribution in [0.3, 0.4) is 0 Å². The Morgan fingerprint density at radius 1 is 1.08 bits per heavy atom. The number of carbonyl (C=O) groups excluding carboxylic acids is 2. The number of halogens is 1. The second-order valence-electron chi connectivity index (χ2n) is 9.02. The Kier molecular flexibility index (Phi) is 7.57. The van der Waals surface area contributed by atoms with E-state index in [1.807, 2.05) is 53.9 Å². The average Bonchev–Trinajstić information content (AvgIpc) is 3.53. The fourth-order valence-electron chi connectivity index (χ4n) is 4.76. The minimum absolute atomic E-state index is 0.0110. The molecule has 188 valence electrons. The van der Waals surface area contributed by atoms with E-state index in [0.29, 0.717) is 22.1 Å². The van der Waals surface area contributed by atoms with E-state index in [0.717, 1.165) is 27.7 Å². The highest BCUT2D eigenvalue weighted by atomic mass is 127. The zero-order valence-electron chi connectivity index (χ0n) is 20.5. The van der Waals surface area contributed by atoms with Crippen molar-refractivity contribution in [3.63, 3.8) is 0 Å². The van der Waals surface area contributed by atoms with Crippen molar-refractivity contribution in [2.24, 2.45) is 5.92 Å². The van der Waals surface area contributed by atoms with Gasteiger partial charge in [-0.05, 0) is 53.8 Å². The van der Waals surface area contributed by atoms with Gasteiger partial charge >= 0.3 is 0 Å². The SMILES string of the molecule is COc1ccc(NC(=O)c2cccc(-c3csc(NC(=O)[C@@H]4Cc5ccccc5[C@H]4C)n3)c2)cc1CI. The molecular formula is C29H26IN3O3S. The fourth-order valence-corrected chi connectivity index (χ4v) is 6.08. The third-order valence-electron chi connectivity index (χ3n) is 6.76. The summed E-state index contributed by atoms with van der Waals surface area (Å²) in [7, 11) is 1.64. The molecule has 0 saturated heterocycles. The van der Waals surface area contributed by atoms with Crippen LogP contribution in [0.1, 0.15) is 39.9 Å². The third-order valence-corrected chi connectivity index (χ3v) is 8.34. The summed E-state index contributed by atoms with van der Waals surface area (Å²) in [6.07, 6.45) is 0.742. The van der Waals surface area contributed by atoms with Crippen molar-refractivity contribution >= 4 is 56.6 Å². The van der Waals surface area contributed by atoms with Crippen LogP contribution in [0.5, 0.6) is 5.75 Å². The minimum Gasteiger partial charge on any atom is -0.496 e. The molecule has 3 aromatic carbocycles. The van der Waals surface area contributed by atoms with Gasteiger partial charge in [-0.3, -0.25) is 9.59 Å². The molecule has 0 saturated carbocycles. The topological polar surface area (TPSA) is 80.3 Å². The molecule has 0 spiro atoms. The number of rotatable bonds is 7. The van der Waals surface area contributed by atoms with Gasteiger partial charge in [0, 0.05) is 38.1 Å². The van der Waals surface area contributed by atoms with Gasteiger partial charge in [-0.15, -0.1) is 11.3 Å². The van der Waals surface area contributed by atoms with Gasteiger partial charge in [0.15, 0.2) is 5.13 Å². The first-order chi connectivity index (χ1) is 18.0. The molecule has 4 aromatic rings. The van der Waals surface area contributed by atoms with Crippen LogP contribution in [0.2, 0.25) is 0 Å². The molecule has 1 aliphatic rings. The number of nitrogens with one attached hydrogen (secondary N) is 2. The maximum atomic E-state index is 13.0. The van der Waals surface area contributed by atoms with E-state index < -0.39 is 0 Å². The van der Waals surface area contributed by atoms with Crippen LogP contribution in [0, 0.1) is 5.92 Å². The second kappa shape index (κ2) is 11.0. The summed E-state index contributed by atoms with van der Waals surface area (Å²) in [4.78, 5) is 30.6. The predicted octanol–water partition coefficient (Wildman–Crippen LogP) is 6.92. The molecule has 0 unspecified atom stereocenters. The van der Waals surface area contributed by atoms with Gasteiger partial charge in [0.25, 0.3) is 5.91 Å². The smallest absolute Gasteiger partial charge is 0.255 e. The molecule has 5 rings (SSSR count).